The number of carbonyl (C=O) groups is 1. The minimum absolute atomic E-state index is 0.154. The molecule has 0 unspecified atom stereocenters. The first-order valence-corrected chi connectivity index (χ1v) is 5.32. The lowest BCUT2D eigenvalue weighted by atomic mass is 10.0. The molecule has 0 aromatic heterocycles. The summed E-state index contributed by atoms with van der Waals surface area (Å²) in [5.74, 6) is -0.324. The number of ether oxygens (including phenoxy) is 1. The molecule has 0 fully saturated rings. The predicted octanol–water partition coefficient (Wildman–Crippen LogP) is 3.40. The Morgan fingerprint density at radius 2 is 1.89 bits per heavy atom. The third kappa shape index (κ3) is 2.32. The van der Waals surface area contributed by atoms with Crippen molar-refractivity contribution in [3.63, 3.8) is 0 Å². The van der Waals surface area contributed by atoms with E-state index in [9.17, 15) is 9.32 Å². The van der Waals surface area contributed by atoms with Crippen LogP contribution in [0.1, 0.15) is 10.4 Å². The highest BCUT2D eigenvalue weighted by molar-refractivity contribution is 5.91. The zero-order chi connectivity index (χ0) is 13.0. The van der Waals surface area contributed by atoms with Gasteiger partial charge in [-0.05, 0) is 23.8 Å². The van der Waals surface area contributed by atoms with Crippen molar-refractivity contribution < 1.29 is 19.0 Å². The number of carbonyl (C=O) groups excluding carboxylic acids is 1. The van der Waals surface area contributed by atoms with Gasteiger partial charge in [0.25, 0.3) is 0 Å². The number of para-hydroxylation sites is 1. The average Bonchev–Trinajstić information content (AvgIpc) is 2.46. The number of rotatable bonds is 3. The summed E-state index contributed by atoms with van der Waals surface area (Å²) in [5.41, 5.74) is 1.74. The maximum absolute atomic E-state index is 11.9. The molecule has 2 aromatic carbocycles. The highest BCUT2D eigenvalue weighted by Gasteiger charge is 2.10. The van der Waals surface area contributed by atoms with Crippen molar-refractivity contribution in [2.24, 2.45) is 0 Å². The topological polar surface area (TPSA) is 35.5 Å². The summed E-state index contributed by atoms with van der Waals surface area (Å²) in [6.07, 6.45) is 0. The van der Waals surface area contributed by atoms with Crippen LogP contribution in [-0.2, 0) is 4.94 Å². The lowest BCUT2D eigenvalue weighted by molar-refractivity contribution is -0.0787. The van der Waals surface area contributed by atoms with Gasteiger partial charge in [0, 0.05) is 10.1 Å². The van der Waals surface area contributed by atoms with Gasteiger partial charge in [0.15, 0.2) is 0 Å². The highest BCUT2D eigenvalue weighted by Crippen LogP contribution is 2.29. The number of hydrogen-bond donors (Lipinski definition) is 0. The summed E-state index contributed by atoms with van der Waals surface area (Å²) in [7, 11) is 1.57. The van der Waals surface area contributed by atoms with Gasteiger partial charge in [0.2, 0.25) is 0 Å². The Labute approximate surface area is 104 Å². The number of benzene rings is 2. The highest BCUT2D eigenvalue weighted by atomic mass is 19.3. The minimum atomic E-state index is -1.01. The van der Waals surface area contributed by atoms with Crippen LogP contribution >= 0.6 is 0 Å². The van der Waals surface area contributed by atoms with Crippen molar-refractivity contribution >= 4 is 5.97 Å². The van der Waals surface area contributed by atoms with Crippen molar-refractivity contribution in [1.82, 2.24) is 0 Å². The molecule has 0 spiro atoms. The summed E-state index contributed by atoms with van der Waals surface area (Å²) in [5, 5.41) is 0. The third-order valence-electron chi connectivity index (χ3n) is 2.59. The summed E-state index contributed by atoms with van der Waals surface area (Å²) in [6, 6.07) is 13.9. The molecule has 0 heterocycles. The van der Waals surface area contributed by atoms with Crippen LogP contribution < -0.4 is 4.74 Å². The van der Waals surface area contributed by atoms with E-state index in [0.29, 0.717) is 5.75 Å². The van der Waals surface area contributed by atoms with Crippen LogP contribution in [0.25, 0.3) is 11.1 Å². The molecule has 92 valence electrons. The van der Waals surface area contributed by atoms with E-state index >= 15 is 0 Å². The van der Waals surface area contributed by atoms with E-state index in [0.717, 1.165) is 11.1 Å². The molecule has 0 amide bonds. The summed E-state index contributed by atoms with van der Waals surface area (Å²) in [4.78, 5) is 14.3. The Hall–Kier alpha value is -2.36. The first kappa shape index (κ1) is 12.1. The van der Waals surface area contributed by atoms with Crippen LogP contribution in [0.3, 0.4) is 0 Å². The fourth-order valence-electron chi connectivity index (χ4n) is 1.74. The fourth-order valence-corrected chi connectivity index (χ4v) is 1.74. The van der Waals surface area contributed by atoms with Gasteiger partial charge in [-0.3, -0.25) is 0 Å². The molecule has 2 rings (SSSR count). The van der Waals surface area contributed by atoms with Gasteiger partial charge in [-0.25, -0.2) is 9.74 Å². The average molecular weight is 246 g/mol. The standard InChI is InChI=1S/C14H11FO3/c1-17-13-8-3-2-7-12(13)10-5-4-6-11(9-10)14(16)18-15/h2-9H,1H3. The predicted molar refractivity (Wildman–Crippen MR) is 65.0 cm³/mol. The second-order valence-electron chi connectivity index (χ2n) is 3.65. The molecule has 0 radical (unpaired) electrons. The molecule has 0 atom stereocenters. The third-order valence-corrected chi connectivity index (χ3v) is 2.59. The molecule has 0 saturated heterocycles. The second-order valence-corrected chi connectivity index (χ2v) is 3.65. The van der Waals surface area contributed by atoms with Crippen LogP contribution in [0, 0.1) is 0 Å². The molecular formula is C14H11FO3. The molecule has 4 heteroatoms. The van der Waals surface area contributed by atoms with Crippen molar-refractivity contribution in [2.75, 3.05) is 7.11 Å². The Morgan fingerprint density at radius 3 is 2.61 bits per heavy atom. The maximum atomic E-state index is 11.9. The van der Waals surface area contributed by atoms with Crippen LogP contribution in [0.2, 0.25) is 0 Å². The van der Waals surface area contributed by atoms with E-state index in [2.05, 4.69) is 4.94 Å². The van der Waals surface area contributed by atoms with E-state index in [4.69, 9.17) is 4.74 Å². The molecule has 0 aliphatic rings. The molecular weight excluding hydrogens is 235 g/mol. The van der Waals surface area contributed by atoms with Gasteiger partial charge in [-0.15, -0.1) is 0 Å². The van der Waals surface area contributed by atoms with Gasteiger partial charge >= 0.3 is 5.97 Å². The van der Waals surface area contributed by atoms with E-state index in [-0.39, 0.29) is 5.56 Å². The van der Waals surface area contributed by atoms with Crippen molar-refractivity contribution in [3.05, 3.63) is 54.1 Å². The summed E-state index contributed by atoms with van der Waals surface area (Å²) < 4.78 is 17.1. The Balaban J connectivity index is 2.48. The van der Waals surface area contributed by atoms with Gasteiger partial charge < -0.3 is 4.74 Å². The van der Waals surface area contributed by atoms with Crippen LogP contribution in [-0.4, -0.2) is 13.1 Å². The van der Waals surface area contributed by atoms with Gasteiger partial charge in [-0.1, -0.05) is 30.3 Å². The molecule has 0 aliphatic heterocycles. The number of methoxy groups -OCH3 is 1. The first-order valence-electron chi connectivity index (χ1n) is 5.32. The SMILES string of the molecule is COc1ccccc1-c1cccc(C(=O)OF)c1. The van der Waals surface area contributed by atoms with Crippen LogP contribution in [0.5, 0.6) is 5.75 Å². The lowest BCUT2D eigenvalue weighted by Crippen LogP contribution is -1.98. The molecule has 0 saturated carbocycles. The normalized spacial score (nSPS) is 9.89. The molecule has 2 aromatic rings. The van der Waals surface area contributed by atoms with E-state index in [1.807, 2.05) is 30.3 Å². The monoisotopic (exact) mass is 246 g/mol. The molecule has 0 N–H and O–H groups in total. The van der Waals surface area contributed by atoms with E-state index in [1.54, 1.807) is 19.2 Å². The molecule has 18 heavy (non-hydrogen) atoms. The number of halogens is 1. The van der Waals surface area contributed by atoms with E-state index in [1.165, 1.54) is 6.07 Å². The molecule has 0 aliphatic carbocycles. The minimum Gasteiger partial charge on any atom is -0.496 e. The Bertz CT molecular complexity index is 566. The second kappa shape index (κ2) is 5.31. The zero-order valence-corrected chi connectivity index (χ0v) is 9.72. The first-order chi connectivity index (χ1) is 8.76. The fraction of sp³-hybridized carbons (Fsp3) is 0.0714. The molecule has 0 bridgehead atoms. The Morgan fingerprint density at radius 1 is 1.11 bits per heavy atom. The number of hydrogen-bond acceptors (Lipinski definition) is 3. The van der Waals surface area contributed by atoms with Crippen LogP contribution in [0.15, 0.2) is 48.5 Å². The summed E-state index contributed by atoms with van der Waals surface area (Å²) >= 11 is 0. The smallest absolute Gasteiger partial charge is 0.379 e. The van der Waals surface area contributed by atoms with Gasteiger partial charge in [0.05, 0.1) is 12.7 Å². The Kier molecular flexibility index (Phi) is 3.57. The van der Waals surface area contributed by atoms with Crippen molar-refractivity contribution in [3.8, 4) is 16.9 Å². The quantitative estimate of drug-likeness (QED) is 0.832. The molecule has 3 nitrogen and oxygen atoms in total. The van der Waals surface area contributed by atoms with E-state index < -0.39 is 5.97 Å². The maximum Gasteiger partial charge on any atom is 0.379 e. The lowest BCUT2D eigenvalue weighted by Gasteiger charge is -2.08. The van der Waals surface area contributed by atoms with Gasteiger partial charge in [0.1, 0.15) is 5.75 Å². The zero-order valence-electron chi connectivity index (χ0n) is 9.72. The largest absolute Gasteiger partial charge is 0.496 e. The van der Waals surface area contributed by atoms with Gasteiger partial charge in [-0.2, -0.15) is 0 Å². The summed E-state index contributed by atoms with van der Waals surface area (Å²) in [6.45, 7) is 0. The van der Waals surface area contributed by atoms with Crippen LogP contribution in [0.4, 0.5) is 4.53 Å². The van der Waals surface area contributed by atoms with Crippen molar-refractivity contribution in [2.45, 2.75) is 0 Å². The van der Waals surface area contributed by atoms with Crippen molar-refractivity contribution in [1.29, 1.82) is 0 Å².